The third-order valence-electron chi connectivity index (χ3n) is 3.57. The molecule has 1 amide bonds. The number of rotatable bonds is 2. The SMILES string of the molecule is CN=C1NC(=O)C(c2cc3c(cc2OC)CC(C)O3)N1. The molecule has 0 saturated carbocycles. The van der Waals surface area contributed by atoms with Gasteiger partial charge in [0.15, 0.2) is 5.96 Å². The number of benzene rings is 1. The lowest BCUT2D eigenvalue weighted by molar-refractivity contribution is -0.120. The molecule has 0 bridgehead atoms. The number of nitrogens with zero attached hydrogens (tertiary/aromatic N) is 1. The highest BCUT2D eigenvalue weighted by molar-refractivity contribution is 6.07. The molecule has 2 unspecified atom stereocenters. The molecular formula is C14H17N3O3. The van der Waals surface area contributed by atoms with Crippen LogP contribution in [-0.2, 0) is 11.2 Å². The van der Waals surface area contributed by atoms with Gasteiger partial charge in [0.1, 0.15) is 23.6 Å². The summed E-state index contributed by atoms with van der Waals surface area (Å²) in [4.78, 5) is 16.0. The van der Waals surface area contributed by atoms with Crippen molar-refractivity contribution < 1.29 is 14.3 Å². The fourth-order valence-corrected chi connectivity index (χ4v) is 2.62. The number of nitrogens with one attached hydrogen (secondary N) is 2. The van der Waals surface area contributed by atoms with Crippen LogP contribution >= 0.6 is 0 Å². The average molecular weight is 275 g/mol. The molecule has 0 aliphatic carbocycles. The van der Waals surface area contributed by atoms with E-state index in [1.807, 2.05) is 19.1 Å². The maximum absolute atomic E-state index is 12.0. The van der Waals surface area contributed by atoms with Crippen LogP contribution in [0.1, 0.15) is 24.1 Å². The van der Waals surface area contributed by atoms with Gasteiger partial charge in [-0.15, -0.1) is 0 Å². The second-order valence-electron chi connectivity index (χ2n) is 4.97. The fourth-order valence-electron chi connectivity index (χ4n) is 2.62. The molecule has 1 fully saturated rings. The van der Waals surface area contributed by atoms with E-state index in [0.717, 1.165) is 23.3 Å². The van der Waals surface area contributed by atoms with Crippen LogP contribution in [0.25, 0.3) is 0 Å². The van der Waals surface area contributed by atoms with Crippen LogP contribution in [0.2, 0.25) is 0 Å². The Morgan fingerprint density at radius 3 is 2.90 bits per heavy atom. The van der Waals surface area contributed by atoms with Crippen LogP contribution in [0.15, 0.2) is 17.1 Å². The zero-order chi connectivity index (χ0) is 14.3. The Morgan fingerprint density at radius 2 is 2.25 bits per heavy atom. The van der Waals surface area contributed by atoms with Crippen molar-refractivity contribution in [3.63, 3.8) is 0 Å². The van der Waals surface area contributed by atoms with E-state index in [-0.39, 0.29) is 12.0 Å². The zero-order valence-corrected chi connectivity index (χ0v) is 11.7. The quantitative estimate of drug-likeness (QED) is 0.836. The number of hydrogen-bond acceptors (Lipinski definition) is 4. The number of guanidine groups is 1. The van der Waals surface area contributed by atoms with Crippen molar-refractivity contribution in [3.8, 4) is 11.5 Å². The molecule has 106 valence electrons. The Hall–Kier alpha value is -2.24. The molecule has 20 heavy (non-hydrogen) atoms. The predicted molar refractivity (Wildman–Crippen MR) is 74.2 cm³/mol. The Labute approximate surface area is 117 Å². The van der Waals surface area contributed by atoms with Gasteiger partial charge >= 0.3 is 0 Å². The summed E-state index contributed by atoms with van der Waals surface area (Å²) in [6, 6.07) is 3.33. The molecule has 2 atom stereocenters. The minimum atomic E-state index is -0.506. The van der Waals surface area contributed by atoms with Crippen LogP contribution in [0, 0.1) is 0 Å². The third-order valence-corrected chi connectivity index (χ3v) is 3.57. The molecule has 1 saturated heterocycles. The van der Waals surface area contributed by atoms with Crippen molar-refractivity contribution in [1.29, 1.82) is 0 Å². The van der Waals surface area contributed by atoms with E-state index in [1.165, 1.54) is 0 Å². The van der Waals surface area contributed by atoms with Gasteiger partial charge in [0.05, 0.1) is 7.11 Å². The first-order valence-electron chi connectivity index (χ1n) is 6.54. The molecule has 2 heterocycles. The second-order valence-corrected chi connectivity index (χ2v) is 4.97. The minimum Gasteiger partial charge on any atom is -0.496 e. The lowest BCUT2D eigenvalue weighted by Gasteiger charge is -2.14. The number of methoxy groups -OCH3 is 1. The summed E-state index contributed by atoms with van der Waals surface area (Å²) in [6.45, 7) is 2.02. The largest absolute Gasteiger partial charge is 0.496 e. The highest BCUT2D eigenvalue weighted by Gasteiger charge is 2.33. The molecule has 0 radical (unpaired) electrons. The highest BCUT2D eigenvalue weighted by atomic mass is 16.5. The standard InChI is InChI=1S/C14H17N3O3/c1-7-4-8-5-11(19-3)9(6-10(8)20-7)12-13(18)17-14(15-2)16-12/h5-7,12H,4H2,1-3H3,(H2,15,16,17,18). The number of carbonyl (C=O) groups is 1. The molecule has 0 spiro atoms. The summed E-state index contributed by atoms with van der Waals surface area (Å²) in [6.07, 6.45) is 1.01. The van der Waals surface area contributed by atoms with Crippen LogP contribution in [-0.4, -0.2) is 32.1 Å². The van der Waals surface area contributed by atoms with Crippen molar-refractivity contribution in [2.75, 3.05) is 14.2 Å². The smallest absolute Gasteiger partial charge is 0.254 e. The first-order valence-corrected chi connectivity index (χ1v) is 6.54. The van der Waals surface area contributed by atoms with Crippen molar-refractivity contribution in [2.45, 2.75) is 25.5 Å². The van der Waals surface area contributed by atoms with Crippen LogP contribution in [0.4, 0.5) is 0 Å². The number of ether oxygens (including phenoxy) is 2. The topological polar surface area (TPSA) is 72.0 Å². The van der Waals surface area contributed by atoms with Gasteiger partial charge < -0.3 is 14.8 Å². The molecule has 0 aromatic heterocycles. The third kappa shape index (κ3) is 1.97. The van der Waals surface area contributed by atoms with Crippen LogP contribution in [0.5, 0.6) is 11.5 Å². The lowest BCUT2D eigenvalue weighted by Crippen LogP contribution is -2.24. The lowest BCUT2D eigenvalue weighted by atomic mass is 10.0. The van der Waals surface area contributed by atoms with E-state index in [4.69, 9.17) is 9.47 Å². The number of amides is 1. The number of aliphatic imine (C=N–C) groups is 1. The van der Waals surface area contributed by atoms with Gasteiger partial charge in [0.2, 0.25) is 0 Å². The summed E-state index contributed by atoms with van der Waals surface area (Å²) >= 11 is 0. The van der Waals surface area contributed by atoms with Crippen molar-refractivity contribution >= 4 is 11.9 Å². The van der Waals surface area contributed by atoms with Gasteiger partial charge in [-0.1, -0.05) is 0 Å². The van der Waals surface area contributed by atoms with E-state index in [2.05, 4.69) is 15.6 Å². The van der Waals surface area contributed by atoms with Crippen molar-refractivity contribution in [3.05, 3.63) is 23.3 Å². The summed E-state index contributed by atoms with van der Waals surface area (Å²) in [5.41, 5.74) is 1.87. The number of hydrogen-bond donors (Lipinski definition) is 2. The molecule has 3 rings (SSSR count). The van der Waals surface area contributed by atoms with E-state index in [1.54, 1.807) is 14.2 Å². The molecular weight excluding hydrogens is 258 g/mol. The predicted octanol–water partition coefficient (Wildman–Crippen LogP) is 0.765. The van der Waals surface area contributed by atoms with Gasteiger partial charge in [-0.25, -0.2) is 0 Å². The molecule has 1 aromatic rings. The van der Waals surface area contributed by atoms with E-state index >= 15 is 0 Å². The van der Waals surface area contributed by atoms with Gasteiger partial charge in [-0.3, -0.25) is 15.1 Å². The van der Waals surface area contributed by atoms with Gasteiger partial charge in [0.25, 0.3) is 5.91 Å². The molecule has 6 heteroatoms. The summed E-state index contributed by atoms with van der Waals surface area (Å²) < 4.78 is 11.2. The highest BCUT2D eigenvalue weighted by Crippen LogP contribution is 2.38. The van der Waals surface area contributed by atoms with Gasteiger partial charge in [-0.05, 0) is 19.1 Å². The molecule has 2 aliphatic rings. The van der Waals surface area contributed by atoms with Crippen LogP contribution in [0.3, 0.4) is 0 Å². The van der Waals surface area contributed by atoms with Gasteiger partial charge in [0, 0.05) is 24.6 Å². The molecule has 2 N–H and O–H groups in total. The maximum atomic E-state index is 12.0. The van der Waals surface area contributed by atoms with E-state index < -0.39 is 6.04 Å². The first-order chi connectivity index (χ1) is 9.62. The average Bonchev–Trinajstić information content (AvgIpc) is 2.98. The number of carbonyl (C=O) groups excluding carboxylic acids is 1. The Kier molecular flexibility index (Phi) is 3.00. The van der Waals surface area contributed by atoms with Crippen molar-refractivity contribution in [1.82, 2.24) is 10.6 Å². The second kappa shape index (κ2) is 4.70. The summed E-state index contributed by atoms with van der Waals surface area (Å²) in [5.74, 6) is 1.84. The monoisotopic (exact) mass is 275 g/mol. The minimum absolute atomic E-state index is 0.144. The summed E-state index contributed by atoms with van der Waals surface area (Å²) in [5, 5.41) is 5.72. The first kappa shape index (κ1) is 12.8. The van der Waals surface area contributed by atoms with E-state index in [9.17, 15) is 4.79 Å². The molecule has 2 aliphatic heterocycles. The van der Waals surface area contributed by atoms with Gasteiger partial charge in [-0.2, -0.15) is 0 Å². The van der Waals surface area contributed by atoms with Crippen molar-refractivity contribution in [2.24, 2.45) is 4.99 Å². The maximum Gasteiger partial charge on any atom is 0.254 e. The Balaban J connectivity index is 2.01. The number of fused-ring (bicyclic) bond motifs is 1. The fraction of sp³-hybridized carbons (Fsp3) is 0.429. The normalized spacial score (nSPS) is 25.9. The Bertz CT molecular complexity index is 598. The summed E-state index contributed by atoms with van der Waals surface area (Å²) in [7, 11) is 3.22. The molecule has 1 aromatic carbocycles. The van der Waals surface area contributed by atoms with E-state index in [0.29, 0.717) is 11.7 Å². The Morgan fingerprint density at radius 1 is 1.45 bits per heavy atom. The zero-order valence-electron chi connectivity index (χ0n) is 11.7. The molecule has 6 nitrogen and oxygen atoms in total. The van der Waals surface area contributed by atoms with Crippen LogP contribution < -0.4 is 20.1 Å².